The molecule has 1 saturated carbocycles. The lowest BCUT2D eigenvalue weighted by Gasteiger charge is -2.22. The molecule has 0 saturated heterocycles. The number of hydrogen-bond acceptors (Lipinski definition) is 6. The van der Waals surface area contributed by atoms with Crippen molar-refractivity contribution in [3.8, 4) is 11.6 Å². The summed E-state index contributed by atoms with van der Waals surface area (Å²) in [6.07, 6.45) is 6.49. The van der Waals surface area contributed by atoms with Crippen molar-refractivity contribution in [2.75, 3.05) is 0 Å². The number of thiazole rings is 1. The van der Waals surface area contributed by atoms with Crippen LogP contribution in [0.4, 0.5) is 0 Å². The summed E-state index contributed by atoms with van der Waals surface area (Å²) in [4.78, 5) is 20.7. The minimum atomic E-state index is -0.103. The van der Waals surface area contributed by atoms with E-state index in [2.05, 4.69) is 20.4 Å². The molecule has 7 heteroatoms. The first kappa shape index (κ1) is 14.2. The number of rotatable bonds is 4. The number of aromatic nitrogens is 3. The lowest BCUT2D eigenvalue weighted by Crippen LogP contribution is -2.36. The van der Waals surface area contributed by atoms with Gasteiger partial charge in [0.05, 0.1) is 0 Å². The maximum Gasteiger partial charge on any atom is 0.280 e. The van der Waals surface area contributed by atoms with Gasteiger partial charge in [-0.3, -0.25) is 4.79 Å². The quantitative estimate of drug-likeness (QED) is 0.939. The summed E-state index contributed by atoms with van der Waals surface area (Å²) >= 11 is 1.31. The van der Waals surface area contributed by atoms with Gasteiger partial charge in [0, 0.05) is 17.8 Å². The molecular formula is C14H18N4O2S. The Morgan fingerprint density at radius 1 is 1.38 bits per heavy atom. The fourth-order valence-corrected chi connectivity index (χ4v) is 3.17. The first-order valence-corrected chi connectivity index (χ1v) is 8.23. The van der Waals surface area contributed by atoms with Gasteiger partial charge in [0.1, 0.15) is 5.69 Å². The standard InChI is InChI=1S/C14H18N4O2S/c1-2-11-17-13(20-18-11)10-8-21-14(16-10)12(19)15-9-6-4-3-5-7-9/h8-9H,2-7H2,1H3,(H,15,19). The maximum atomic E-state index is 12.2. The van der Waals surface area contributed by atoms with E-state index in [0.717, 1.165) is 12.8 Å². The smallest absolute Gasteiger partial charge is 0.280 e. The highest BCUT2D eigenvalue weighted by Crippen LogP contribution is 2.22. The van der Waals surface area contributed by atoms with Crippen molar-refractivity contribution >= 4 is 17.2 Å². The summed E-state index contributed by atoms with van der Waals surface area (Å²) in [6.45, 7) is 1.96. The molecule has 0 aliphatic heterocycles. The summed E-state index contributed by atoms with van der Waals surface area (Å²) in [7, 11) is 0. The minimum absolute atomic E-state index is 0.103. The van der Waals surface area contributed by atoms with Gasteiger partial charge in [-0.05, 0) is 12.8 Å². The van der Waals surface area contributed by atoms with Crippen molar-refractivity contribution < 1.29 is 9.32 Å². The van der Waals surface area contributed by atoms with E-state index < -0.39 is 0 Å². The molecule has 112 valence electrons. The van der Waals surface area contributed by atoms with Crippen molar-refractivity contribution in [2.45, 2.75) is 51.5 Å². The second kappa shape index (κ2) is 6.34. The summed E-state index contributed by atoms with van der Waals surface area (Å²) < 4.78 is 5.14. The van der Waals surface area contributed by atoms with Crippen LogP contribution < -0.4 is 5.32 Å². The van der Waals surface area contributed by atoms with E-state index in [9.17, 15) is 4.79 Å². The van der Waals surface area contributed by atoms with E-state index in [0.29, 0.717) is 28.8 Å². The highest BCUT2D eigenvalue weighted by atomic mass is 32.1. The molecule has 6 nitrogen and oxygen atoms in total. The van der Waals surface area contributed by atoms with Crippen molar-refractivity contribution in [1.82, 2.24) is 20.4 Å². The molecule has 0 unspecified atom stereocenters. The van der Waals surface area contributed by atoms with Crippen molar-refractivity contribution in [3.05, 3.63) is 16.2 Å². The Morgan fingerprint density at radius 3 is 2.90 bits per heavy atom. The monoisotopic (exact) mass is 306 g/mol. The summed E-state index contributed by atoms with van der Waals surface area (Å²) in [5.41, 5.74) is 0.570. The SMILES string of the molecule is CCc1noc(-c2csc(C(=O)NC3CCCCC3)n2)n1. The van der Waals surface area contributed by atoms with Crippen molar-refractivity contribution in [3.63, 3.8) is 0 Å². The predicted octanol–water partition coefficient (Wildman–Crippen LogP) is 2.82. The molecule has 2 aromatic heterocycles. The van der Waals surface area contributed by atoms with Crippen LogP contribution in [0.15, 0.2) is 9.90 Å². The van der Waals surface area contributed by atoms with E-state index in [1.165, 1.54) is 30.6 Å². The molecule has 0 atom stereocenters. The number of nitrogens with one attached hydrogen (secondary N) is 1. The van der Waals surface area contributed by atoms with Crippen molar-refractivity contribution in [2.24, 2.45) is 0 Å². The molecule has 1 amide bonds. The Kier molecular flexibility index (Phi) is 4.28. The fourth-order valence-electron chi connectivity index (χ4n) is 2.47. The normalized spacial score (nSPS) is 16.0. The van der Waals surface area contributed by atoms with Crippen LogP contribution in [0.5, 0.6) is 0 Å². The van der Waals surface area contributed by atoms with Crippen LogP contribution >= 0.6 is 11.3 Å². The maximum absolute atomic E-state index is 12.2. The number of carbonyl (C=O) groups is 1. The van der Waals surface area contributed by atoms with Gasteiger partial charge in [0.15, 0.2) is 10.8 Å². The van der Waals surface area contributed by atoms with Gasteiger partial charge in [-0.25, -0.2) is 4.98 Å². The molecular weight excluding hydrogens is 288 g/mol. The average molecular weight is 306 g/mol. The molecule has 2 aromatic rings. The Balaban J connectivity index is 1.67. The van der Waals surface area contributed by atoms with Crippen LogP contribution in [-0.2, 0) is 6.42 Å². The first-order chi connectivity index (χ1) is 10.3. The second-order valence-electron chi connectivity index (χ2n) is 5.22. The van der Waals surface area contributed by atoms with E-state index in [4.69, 9.17) is 4.52 Å². The zero-order valence-corrected chi connectivity index (χ0v) is 12.8. The lowest BCUT2D eigenvalue weighted by molar-refractivity contribution is 0.0927. The third-order valence-electron chi connectivity index (χ3n) is 3.64. The molecule has 1 aliphatic carbocycles. The van der Waals surface area contributed by atoms with Gasteiger partial charge in [0.2, 0.25) is 0 Å². The zero-order valence-electron chi connectivity index (χ0n) is 12.0. The summed E-state index contributed by atoms with van der Waals surface area (Å²) in [5, 5.41) is 9.13. The van der Waals surface area contributed by atoms with Gasteiger partial charge < -0.3 is 9.84 Å². The number of nitrogens with zero attached hydrogens (tertiary/aromatic N) is 3. The molecule has 0 aromatic carbocycles. The topological polar surface area (TPSA) is 80.9 Å². The molecule has 1 aliphatic rings. The van der Waals surface area contributed by atoms with Crippen LogP contribution in [0.1, 0.15) is 54.7 Å². The van der Waals surface area contributed by atoms with Crippen molar-refractivity contribution in [1.29, 1.82) is 0 Å². The Morgan fingerprint density at radius 2 is 2.19 bits per heavy atom. The predicted molar refractivity (Wildman–Crippen MR) is 79.1 cm³/mol. The molecule has 1 fully saturated rings. The molecule has 3 rings (SSSR count). The molecule has 0 bridgehead atoms. The van der Waals surface area contributed by atoms with Gasteiger partial charge in [-0.15, -0.1) is 11.3 Å². The second-order valence-corrected chi connectivity index (χ2v) is 6.07. The third-order valence-corrected chi connectivity index (χ3v) is 4.48. The largest absolute Gasteiger partial charge is 0.347 e. The van der Waals surface area contributed by atoms with E-state index in [-0.39, 0.29) is 11.9 Å². The van der Waals surface area contributed by atoms with Gasteiger partial charge in [-0.2, -0.15) is 4.98 Å². The molecule has 0 radical (unpaired) electrons. The highest BCUT2D eigenvalue weighted by molar-refractivity contribution is 7.12. The highest BCUT2D eigenvalue weighted by Gasteiger charge is 2.20. The van der Waals surface area contributed by atoms with Crippen LogP contribution in [0.3, 0.4) is 0 Å². The van der Waals surface area contributed by atoms with Crippen LogP contribution in [0.25, 0.3) is 11.6 Å². The number of amides is 1. The van der Waals surface area contributed by atoms with Gasteiger partial charge >= 0.3 is 0 Å². The number of aryl methyl sites for hydroxylation is 1. The lowest BCUT2D eigenvalue weighted by atomic mass is 9.95. The molecule has 2 heterocycles. The summed E-state index contributed by atoms with van der Waals surface area (Å²) in [5.74, 6) is 0.916. The average Bonchev–Trinajstić information content (AvgIpc) is 3.17. The minimum Gasteiger partial charge on any atom is -0.347 e. The van der Waals surface area contributed by atoms with E-state index in [1.54, 1.807) is 5.38 Å². The van der Waals surface area contributed by atoms with E-state index in [1.807, 2.05) is 6.92 Å². The number of carbonyl (C=O) groups excluding carboxylic acids is 1. The van der Waals surface area contributed by atoms with Gasteiger partial charge in [0.25, 0.3) is 11.8 Å². The fraction of sp³-hybridized carbons (Fsp3) is 0.571. The molecule has 1 N–H and O–H groups in total. The Labute approximate surface area is 127 Å². The number of hydrogen-bond donors (Lipinski definition) is 1. The van der Waals surface area contributed by atoms with Gasteiger partial charge in [-0.1, -0.05) is 31.3 Å². The third kappa shape index (κ3) is 3.29. The summed E-state index contributed by atoms with van der Waals surface area (Å²) in [6, 6.07) is 0.286. The zero-order chi connectivity index (χ0) is 14.7. The molecule has 0 spiro atoms. The van der Waals surface area contributed by atoms with Crippen LogP contribution in [0.2, 0.25) is 0 Å². The van der Waals surface area contributed by atoms with Crippen LogP contribution in [0, 0.1) is 0 Å². The Bertz CT molecular complexity index is 616. The molecule has 21 heavy (non-hydrogen) atoms. The van der Waals surface area contributed by atoms with E-state index >= 15 is 0 Å². The Hall–Kier alpha value is -1.76. The van der Waals surface area contributed by atoms with Crippen LogP contribution in [-0.4, -0.2) is 27.1 Å². The first-order valence-electron chi connectivity index (χ1n) is 7.35.